The number of halogens is 2. The van der Waals surface area contributed by atoms with Gasteiger partial charge < -0.3 is 25.1 Å². The van der Waals surface area contributed by atoms with Crippen molar-refractivity contribution in [1.82, 2.24) is 9.88 Å². The predicted molar refractivity (Wildman–Crippen MR) is 154 cm³/mol. The first-order valence-electron chi connectivity index (χ1n) is 11.8. The van der Waals surface area contributed by atoms with Crippen LogP contribution >= 0.6 is 22.6 Å². The van der Waals surface area contributed by atoms with E-state index >= 15 is 0 Å². The van der Waals surface area contributed by atoms with Crippen LogP contribution in [0.3, 0.4) is 0 Å². The Hall–Kier alpha value is -3.86. The number of methoxy groups -OCH3 is 1. The number of amides is 1. The second-order valence-corrected chi connectivity index (χ2v) is 9.98. The zero-order valence-corrected chi connectivity index (χ0v) is 23.7. The molecule has 3 aromatic carbocycles. The number of nitrogens with zero attached hydrogens (tertiary/aromatic N) is 2. The van der Waals surface area contributed by atoms with Gasteiger partial charge in [-0.05, 0) is 89.5 Å². The smallest absolute Gasteiger partial charge is 0.259 e. The Morgan fingerprint density at radius 3 is 2.50 bits per heavy atom. The molecule has 38 heavy (non-hydrogen) atoms. The zero-order chi connectivity index (χ0) is 27.4. The Labute approximate surface area is 234 Å². The van der Waals surface area contributed by atoms with E-state index in [1.54, 1.807) is 32.4 Å². The molecule has 0 aliphatic rings. The number of benzene rings is 3. The standard InChI is InChI=1S/C29H28FIN4O3/c1-17-6-5-7-24(18(17)2)38-25-15-26(32)35(3)28(34-23-13-10-20(31)14-22(23)30)27(25)29(36)33-16-19-8-11-21(37-4)12-9-19/h5-15H,16,32H2,1-4H3,(H,33,36). The maximum Gasteiger partial charge on any atom is 0.259 e. The first-order chi connectivity index (χ1) is 18.2. The third-order valence-electron chi connectivity index (χ3n) is 6.20. The number of hydrogen-bond donors (Lipinski definition) is 2. The Morgan fingerprint density at radius 1 is 1.08 bits per heavy atom. The van der Waals surface area contributed by atoms with Crippen molar-refractivity contribution >= 4 is 40.0 Å². The van der Waals surface area contributed by atoms with Crippen molar-refractivity contribution < 1.29 is 18.7 Å². The second kappa shape index (κ2) is 11.7. The summed E-state index contributed by atoms with van der Waals surface area (Å²) in [5.41, 5.74) is 9.51. The summed E-state index contributed by atoms with van der Waals surface area (Å²) in [4.78, 5) is 18.2. The Bertz CT molecular complexity index is 1570. The number of rotatable bonds is 7. The van der Waals surface area contributed by atoms with Crippen LogP contribution in [0.25, 0.3) is 0 Å². The van der Waals surface area contributed by atoms with E-state index in [2.05, 4.69) is 10.3 Å². The van der Waals surface area contributed by atoms with Crippen LogP contribution in [0, 0.1) is 23.2 Å². The predicted octanol–water partition coefficient (Wildman–Crippen LogP) is 5.93. The van der Waals surface area contributed by atoms with Crippen LogP contribution in [-0.2, 0) is 13.6 Å². The molecule has 0 unspecified atom stereocenters. The van der Waals surface area contributed by atoms with E-state index in [1.807, 2.05) is 78.9 Å². The molecular formula is C29H28FIN4O3. The fraction of sp³-hybridized carbons (Fsp3) is 0.172. The molecule has 1 heterocycles. The number of anilines is 1. The van der Waals surface area contributed by atoms with Gasteiger partial charge in [0.05, 0.1) is 7.11 Å². The summed E-state index contributed by atoms with van der Waals surface area (Å²) in [5, 5.41) is 2.93. The molecule has 1 amide bonds. The van der Waals surface area contributed by atoms with Gasteiger partial charge in [-0.15, -0.1) is 0 Å². The van der Waals surface area contributed by atoms with Crippen molar-refractivity contribution in [2.45, 2.75) is 20.4 Å². The van der Waals surface area contributed by atoms with Crippen LogP contribution < -0.4 is 26.0 Å². The highest BCUT2D eigenvalue weighted by atomic mass is 127. The Balaban J connectivity index is 1.85. The van der Waals surface area contributed by atoms with E-state index in [-0.39, 0.29) is 29.0 Å². The van der Waals surface area contributed by atoms with Crippen LogP contribution in [-0.4, -0.2) is 17.6 Å². The first-order valence-corrected chi connectivity index (χ1v) is 12.9. The van der Waals surface area contributed by atoms with Crippen molar-refractivity contribution in [1.29, 1.82) is 0 Å². The van der Waals surface area contributed by atoms with Gasteiger partial charge in [-0.3, -0.25) is 4.79 Å². The molecule has 7 nitrogen and oxygen atoms in total. The molecule has 196 valence electrons. The Kier molecular flexibility index (Phi) is 8.35. The van der Waals surface area contributed by atoms with Crippen LogP contribution in [0.5, 0.6) is 17.2 Å². The van der Waals surface area contributed by atoms with Gasteiger partial charge in [-0.2, -0.15) is 0 Å². The average Bonchev–Trinajstić information content (AvgIpc) is 2.90. The third-order valence-corrected chi connectivity index (χ3v) is 6.88. The molecule has 0 fully saturated rings. The van der Waals surface area contributed by atoms with Crippen LogP contribution in [0.2, 0.25) is 0 Å². The highest BCUT2D eigenvalue weighted by molar-refractivity contribution is 14.1. The normalized spacial score (nSPS) is 11.4. The second-order valence-electron chi connectivity index (χ2n) is 8.73. The number of aromatic nitrogens is 1. The van der Waals surface area contributed by atoms with Crippen LogP contribution in [0.15, 0.2) is 71.7 Å². The number of pyridine rings is 1. The molecule has 3 N–H and O–H groups in total. The number of carbonyl (C=O) groups excluding carboxylic acids is 1. The molecule has 0 bridgehead atoms. The summed E-state index contributed by atoms with van der Waals surface area (Å²) in [6, 6.07) is 19.3. The van der Waals surface area contributed by atoms with Gasteiger partial charge in [0.2, 0.25) is 0 Å². The van der Waals surface area contributed by atoms with Crippen molar-refractivity contribution in [3.8, 4) is 17.2 Å². The molecule has 4 aromatic rings. The summed E-state index contributed by atoms with van der Waals surface area (Å²) in [5.74, 6) is 0.847. The molecule has 0 aliphatic heterocycles. The first kappa shape index (κ1) is 27.2. The number of nitrogen functional groups attached to an aromatic ring is 1. The monoisotopic (exact) mass is 626 g/mol. The number of carbonyl (C=O) groups is 1. The van der Waals surface area contributed by atoms with Gasteiger partial charge in [0, 0.05) is 23.2 Å². The van der Waals surface area contributed by atoms with Gasteiger partial charge in [-0.25, -0.2) is 9.38 Å². The summed E-state index contributed by atoms with van der Waals surface area (Å²) >= 11 is 2.03. The van der Waals surface area contributed by atoms with Crippen LogP contribution in [0.1, 0.15) is 27.0 Å². The molecule has 0 spiro atoms. The van der Waals surface area contributed by atoms with Gasteiger partial charge in [0.1, 0.15) is 40.1 Å². The highest BCUT2D eigenvalue weighted by Gasteiger charge is 2.21. The van der Waals surface area contributed by atoms with Gasteiger partial charge in [-0.1, -0.05) is 24.3 Å². The molecule has 9 heteroatoms. The van der Waals surface area contributed by atoms with E-state index in [1.165, 1.54) is 10.6 Å². The third kappa shape index (κ3) is 5.99. The molecule has 0 saturated carbocycles. The van der Waals surface area contributed by atoms with Gasteiger partial charge >= 0.3 is 0 Å². The van der Waals surface area contributed by atoms with Crippen LogP contribution in [0.4, 0.5) is 15.9 Å². The topological polar surface area (TPSA) is 90.9 Å². The minimum atomic E-state index is -0.513. The number of nitrogens with two attached hydrogens (primary N) is 1. The summed E-state index contributed by atoms with van der Waals surface area (Å²) in [6.45, 7) is 4.16. The lowest BCUT2D eigenvalue weighted by molar-refractivity contribution is 0.0946. The lowest BCUT2D eigenvalue weighted by Gasteiger charge is -2.18. The number of nitrogens with one attached hydrogen (secondary N) is 1. The number of aryl methyl sites for hydroxylation is 1. The summed E-state index contributed by atoms with van der Waals surface area (Å²) < 4.78 is 28.5. The van der Waals surface area contributed by atoms with E-state index in [0.717, 1.165) is 26.0 Å². The molecular weight excluding hydrogens is 598 g/mol. The van der Waals surface area contributed by atoms with Gasteiger partial charge in [0.25, 0.3) is 5.91 Å². The molecule has 0 radical (unpaired) electrons. The minimum absolute atomic E-state index is 0.0773. The van der Waals surface area contributed by atoms with E-state index in [9.17, 15) is 9.18 Å². The van der Waals surface area contributed by atoms with Crippen molar-refractivity contribution in [2.75, 3.05) is 12.8 Å². The largest absolute Gasteiger partial charge is 0.497 e. The zero-order valence-electron chi connectivity index (χ0n) is 21.5. The number of ether oxygens (including phenoxy) is 2. The lowest BCUT2D eigenvalue weighted by atomic mass is 10.1. The maximum absolute atomic E-state index is 14.8. The van der Waals surface area contributed by atoms with E-state index in [4.69, 9.17) is 15.2 Å². The minimum Gasteiger partial charge on any atom is -0.497 e. The molecule has 0 saturated heterocycles. The average molecular weight is 626 g/mol. The molecule has 0 aliphatic carbocycles. The molecule has 1 aromatic heterocycles. The van der Waals surface area contributed by atoms with Crippen molar-refractivity contribution in [2.24, 2.45) is 12.0 Å². The fourth-order valence-corrected chi connectivity index (χ4v) is 4.23. The maximum atomic E-state index is 14.8. The lowest BCUT2D eigenvalue weighted by Crippen LogP contribution is -2.34. The summed E-state index contributed by atoms with van der Waals surface area (Å²) in [7, 11) is 3.26. The fourth-order valence-electron chi connectivity index (χ4n) is 3.78. The number of hydrogen-bond acceptors (Lipinski definition) is 5. The molecule has 0 atom stereocenters. The van der Waals surface area contributed by atoms with Gasteiger partial charge in [0.15, 0.2) is 5.49 Å². The Morgan fingerprint density at radius 2 is 1.82 bits per heavy atom. The SMILES string of the molecule is COc1ccc(CNC(=O)c2c(Oc3cccc(C)c3C)cc(N)n(C)c2=Nc2ccc(I)cc2F)cc1. The summed E-state index contributed by atoms with van der Waals surface area (Å²) in [6.07, 6.45) is 0. The van der Waals surface area contributed by atoms with E-state index < -0.39 is 11.7 Å². The van der Waals surface area contributed by atoms with E-state index in [0.29, 0.717) is 11.6 Å². The molecule has 4 rings (SSSR count). The van der Waals surface area contributed by atoms with Crippen molar-refractivity contribution in [3.05, 3.63) is 104 Å². The highest BCUT2D eigenvalue weighted by Crippen LogP contribution is 2.30. The quantitative estimate of drug-likeness (QED) is 0.249. The van der Waals surface area contributed by atoms with Crippen molar-refractivity contribution in [3.63, 3.8) is 0 Å².